The first kappa shape index (κ1) is 13.9. The van der Waals surface area contributed by atoms with Crippen molar-refractivity contribution in [2.24, 2.45) is 17.3 Å². The molecule has 3 N–H and O–H groups in total. The lowest BCUT2D eigenvalue weighted by Crippen LogP contribution is -2.41. The Labute approximate surface area is 119 Å². The average Bonchev–Trinajstić information content (AvgIpc) is 3.14. The molecule has 20 heavy (non-hydrogen) atoms. The number of piperidine rings is 1. The van der Waals surface area contributed by atoms with Crippen LogP contribution in [0, 0.1) is 17.3 Å². The van der Waals surface area contributed by atoms with Crippen LogP contribution in [0.3, 0.4) is 0 Å². The van der Waals surface area contributed by atoms with E-state index in [1.54, 1.807) is 0 Å². The van der Waals surface area contributed by atoms with Gasteiger partial charge in [0, 0.05) is 12.0 Å². The van der Waals surface area contributed by atoms with Crippen molar-refractivity contribution >= 4 is 11.9 Å². The summed E-state index contributed by atoms with van der Waals surface area (Å²) < 4.78 is 0. The second-order valence-electron chi connectivity index (χ2n) is 6.76. The molecule has 1 aliphatic heterocycles. The maximum atomic E-state index is 12.3. The van der Waals surface area contributed by atoms with Crippen LogP contribution in [0.1, 0.15) is 44.9 Å². The van der Waals surface area contributed by atoms with Gasteiger partial charge in [-0.3, -0.25) is 9.59 Å². The average molecular weight is 280 g/mol. The van der Waals surface area contributed by atoms with Gasteiger partial charge in [-0.05, 0) is 63.5 Å². The zero-order chi connectivity index (χ0) is 14.2. The number of aliphatic carboxylic acids is 1. The molecule has 3 rings (SSSR count). The van der Waals surface area contributed by atoms with E-state index >= 15 is 0 Å². The molecule has 2 aliphatic carbocycles. The summed E-state index contributed by atoms with van der Waals surface area (Å²) in [6.07, 6.45) is 6.30. The fourth-order valence-corrected chi connectivity index (χ4v) is 3.98. The van der Waals surface area contributed by atoms with Gasteiger partial charge in [0.15, 0.2) is 0 Å². The molecule has 5 heteroatoms. The second kappa shape index (κ2) is 5.35. The molecule has 1 spiro atoms. The summed E-state index contributed by atoms with van der Waals surface area (Å²) in [5.74, 6) is -0.474. The van der Waals surface area contributed by atoms with Crippen molar-refractivity contribution in [2.75, 3.05) is 13.1 Å². The zero-order valence-corrected chi connectivity index (χ0v) is 11.9. The molecule has 0 aromatic carbocycles. The molecule has 3 aliphatic rings. The summed E-state index contributed by atoms with van der Waals surface area (Å²) in [5, 5.41) is 15.5. The number of carbonyl (C=O) groups excluding carboxylic acids is 1. The topological polar surface area (TPSA) is 78.4 Å². The third kappa shape index (κ3) is 2.68. The number of hydrogen-bond donors (Lipinski definition) is 3. The van der Waals surface area contributed by atoms with Gasteiger partial charge >= 0.3 is 5.97 Å². The summed E-state index contributed by atoms with van der Waals surface area (Å²) in [5.41, 5.74) is 0.285. The van der Waals surface area contributed by atoms with Crippen molar-refractivity contribution in [3.8, 4) is 0 Å². The number of nitrogens with one attached hydrogen (secondary N) is 2. The maximum Gasteiger partial charge on any atom is 0.306 e. The van der Waals surface area contributed by atoms with Gasteiger partial charge in [-0.15, -0.1) is 0 Å². The second-order valence-corrected chi connectivity index (χ2v) is 6.76. The summed E-state index contributed by atoms with van der Waals surface area (Å²) in [7, 11) is 0. The quantitative estimate of drug-likeness (QED) is 0.724. The minimum Gasteiger partial charge on any atom is -0.481 e. The molecule has 0 aromatic heterocycles. The zero-order valence-electron chi connectivity index (χ0n) is 11.9. The molecule has 0 bridgehead atoms. The van der Waals surface area contributed by atoms with E-state index in [1.165, 1.54) is 0 Å². The molecule has 1 amide bonds. The molecule has 3 fully saturated rings. The van der Waals surface area contributed by atoms with Crippen LogP contribution >= 0.6 is 0 Å². The van der Waals surface area contributed by atoms with E-state index in [-0.39, 0.29) is 29.2 Å². The number of carbonyl (C=O) groups is 2. The number of amides is 1. The van der Waals surface area contributed by atoms with Gasteiger partial charge in [0.05, 0.1) is 5.92 Å². The van der Waals surface area contributed by atoms with E-state index in [1.807, 2.05) is 0 Å². The maximum absolute atomic E-state index is 12.3. The fraction of sp³-hybridized carbons (Fsp3) is 0.867. The molecule has 1 unspecified atom stereocenters. The van der Waals surface area contributed by atoms with Gasteiger partial charge in [-0.1, -0.05) is 0 Å². The Morgan fingerprint density at radius 3 is 2.35 bits per heavy atom. The van der Waals surface area contributed by atoms with Crippen LogP contribution < -0.4 is 10.6 Å². The Morgan fingerprint density at radius 1 is 1.10 bits per heavy atom. The van der Waals surface area contributed by atoms with Crippen molar-refractivity contribution in [1.29, 1.82) is 0 Å². The number of carboxylic acids is 1. The Morgan fingerprint density at radius 2 is 1.75 bits per heavy atom. The third-order valence-corrected chi connectivity index (χ3v) is 5.53. The Bertz CT molecular complexity index is 396. The molecule has 1 saturated heterocycles. The molecule has 0 radical (unpaired) electrons. The van der Waals surface area contributed by atoms with Crippen molar-refractivity contribution < 1.29 is 14.7 Å². The van der Waals surface area contributed by atoms with Crippen LogP contribution in [0.15, 0.2) is 0 Å². The first-order valence-electron chi connectivity index (χ1n) is 7.85. The van der Waals surface area contributed by atoms with Crippen molar-refractivity contribution in [3.05, 3.63) is 0 Å². The van der Waals surface area contributed by atoms with Gasteiger partial charge < -0.3 is 15.7 Å². The molecule has 1 heterocycles. The number of hydrogen-bond acceptors (Lipinski definition) is 3. The minimum absolute atomic E-state index is 0.192. The van der Waals surface area contributed by atoms with Gasteiger partial charge in [-0.2, -0.15) is 0 Å². The van der Waals surface area contributed by atoms with Crippen molar-refractivity contribution in [3.63, 3.8) is 0 Å². The Hall–Kier alpha value is -1.10. The third-order valence-electron chi connectivity index (χ3n) is 5.53. The first-order valence-corrected chi connectivity index (χ1v) is 7.85. The van der Waals surface area contributed by atoms with Crippen molar-refractivity contribution in [1.82, 2.24) is 10.6 Å². The predicted octanol–water partition coefficient (Wildman–Crippen LogP) is 1.14. The van der Waals surface area contributed by atoms with E-state index < -0.39 is 5.97 Å². The Balaban J connectivity index is 1.45. The fourth-order valence-electron chi connectivity index (χ4n) is 3.98. The highest BCUT2D eigenvalue weighted by Gasteiger charge is 2.57. The van der Waals surface area contributed by atoms with Gasteiger partial charge in [0.1, 0.15) is 0 Å². The van der Waals surface area contributed by atoms with Gasteiger partial charge in [-0.25, -0.2) is 0 Å². The summed E-state index contributed by atoms with van der Waals surface area (Å²) in [6, 6.07) is 0.192. The van der Waals surface area contributed by atoms with Crippen LogP contribution in [0.5, 0.6) is 0 Å². The lowest BCUT2D eigenvalue weighted by molar-refractivity contribution is -0.142. The normalized spacial score (nSPS) is 35.5. The monoisotopic (exact) mass is 280 g/mol. The highest BCUT2D eigenvalue weighted by atomic mass is 16.4. The van der Waals surface area contributed by atoms with Crippen LogP contribution in [-0.2, 0) is 9.59 Å². The molecular formula is C15H24N2O3. The number of rotatable bonds is 3. The van der Waals surface area contributed by atoms with E-state index in [0.717, 1.165) is 45.2 Å². The number of carboxylic acid groups (broad SMARTS) is 1. The lowest BCUT2D eigenvalue weighted by atomic mass is 9.86. The predicted molar refractivity (Wildman–Crippen MR) is 74.2 cm³/mol. The minimum atomic E-state index is -0.689. The van der Waals surface area contributed by atoms with Crippen LogP contribution in [0.2, 0.25) is 0 Å². The first-order chi connectivity index (χ1) is 9.61. The van der Waals surface area contributed by atoms with Gasteiger partial charge in [0.2, 0.25) is 5.91 Å². The lowest BCUT2D eigenvalue weighted by Gasteiger charge is -2.28. The summed E-state index contributed by atoms with van der Waals surface area (Å²) in [6.45, 7) is 2.07. The van der Waals surface area contributed by atoms with Crippen molar-refractivity contribution in [2.45, 2.75) is 51.0 Å². The van der Waals surface area contributed by atoms with Crippen LogP contribution in [-0.4, -0.2) is 36.1 Å². The molecule has 1 atom stereocenters. The molecule has 112 valence electrons. The SMILES string of the molecule is O=C(O)C1CCC(NC(=O)C2CC23CCNCC3)CC1. The van der Waals surface area contributed by atoms with E-state index in [9.17, 15) is 9.59 Å². The van der Waals surface area contributed by atoms with E-state index in [4.69, 9.17) is 5.11 Å². The highest BCUT2D eigenvalue weighted by Crippen LogP contribution is 2.58. The largest absolute Gasteiger partial charge is 0.481 e. The van der Waals surface area contributed by atoms with Crippen LogP contribution in [0.25, 0.3) is 0 Å². The standard InChI is InChI=1S/C15H24N2O3/c18-13(12-9-15(12)5-7-16-8-6-15)17-11-3-1-10(2-4-11)14(19)20/h10-12,16H,1-9H2,(H,17,18)(H,19,20). The van der Waals surface area contributed by atoms with E-state index in [2.05, 4.69) is 10.6 Å². The molecular weight excluding hydrogens is 256 g/mol. The Kier molecular flexibility index (Phi) is 3.71. The molecule has 5 nitrogen and oxygen atoms in total. The highest BCUT2D eigenvalue weighted by molar-refractivity contribution is 5.83. The summed E-state index contributed by atoms with van der Waals surface area (Å²) >= 11 is 0. The van der Waals surface area contributed by atoms with E-state index in [0.29, 0.717) is 12.8 Å². The molecule has 0 aromatic rings. The summed E-state index contributed by atoms with van der Waals surface area (Å²) in [4.78, 5) is 23.2. The molecule has 2 saturated carbocycles. The smallest absolute Gasteiger partial charge is 0.306 e. The van der Waals surface area contributed by atoms with Crippen LogP contribution in [0.4, 0.5) is 0 Å². The van der Waals surface area contributed by atoms with Gasteiger partial charge in [0.25, 0.3) is 0 Å².